The van der Waals surface area contributed by atoms with Gasteiger partial charge >= 0.3 is 0 Å². The predicted octanol–water partition coefficient (Wildman–Crippen LogP) is 4.39. The van der Waals surface area contributed by atoms with Crippen molar-refractivity contribution in [2.24, 2.45) is 22.2 Å². The van der Waals surface area contributed by atoms with Crippen molar-refractivity contribution in [3.8, 4) is 0 Å². The van der Waals surface area contributed by atoms with E-state index in [1.165, 1.54) is 25.7 Å². The van der Waals surface area contributed by atoms with Gasteiger partial charge in [-0.15, -0.1) is 24.0 Å². The minimum atomic E-state index is 0. The van der Waals surface area contributed by atoms with E-state index in [1.54, 1.807) is 0 Å². The molecular formula is C19H40IN3O. The zero-order valence-electron chi connectivity index (χ0n) is 16.7. The average Bonchev–Trinajstić information content (AvgIpc) is 2.49. The van der Waals surface area contributed by atoms with Crippen LogP contribution in [0.1, 0.15) is 60.3 Å². The van der Waals surface area contributed by atoms with Gasteiger partial charge in [-0.3, -0.25) is 4.99 Å². The van der Waals surface area contributed by atoms with Crippen LogP contribution in [0, 0.1) is 17.3 Å². The fourth-order valence-electron chi connectivity index (χ4n) is 3.45. The third kappa shape index (κ3) is 10.1. The number of aliphatic imine (C=N–C) groups is 1. The predicted molar refractivity (Wildman–Crippen MR) is 115 cm³/mol. The maximum absolute atomic E-state index is 5.45. The van der Waals surface area contributed by atoms with Gasteiger partial charge in [0.1, 0.15) is 0 Å². The van der Waals surface area contributed by atoms with Gasteiger partial charge < -0.3 is 15.0 Å². The highest BCUT2D eigenvalue weighted by atomic mass is 127. The summed E-state index contributed by atoms with van der Waals surface area (Å²) in [7, 11) is 2.16. The summed E-state index contributed by atoms with van der Waals surface area (Å²) in [5, 5.41) is 3.45. The first kappa shape index (κ1) is 24.0. The molecule has 1 rings (SSSR count). The molecular weight excluding hydrogens is 413 g/mol. The minimum Gasteiger partial charge on any atom is -0.381 e. The van der Waals surface area contributed by atoms with Gasteiger partial charge in [-0.2, -0.15) is 0 Å². The Morgan fingerprint density at radius 1 is 1.29 bits per heavy atom. The van der Waals surface area contributed by atoms with Gasteiger partial charge in [-0.1, -0.05) is 27.7 Å². The van der Waals surface area contributed by atoms with Crippen LogP contribution in [-0.4, -0.2) is 50.8 Å². The van der Waals surface area contributed by atoms with E-state index in [2.05, 4.69) is 51.9 Å². The second-order valence-electron chi connectivity index (χ2n) is 8.20. The summed E-state index contributed by atoms with van der Waals surface area (Å²) < 4.78 is 5.45. The molecule has 0 unspecified atom stereocenters. The summed E-state index contributed by atoms with van der Waals surface area (Å²) in [4.78, 5) is 7.20. The Bertz CT molecular complexity index is 353. The Balaban J connectivity index is 0.00000529. The number of hydrogen-bond donors (Lipinski definition) is 1. The molecule has 0 bridgehead atoms. The lowest BCUT2D eigenvalue weighted by atomic mass is 9.84. The van der Waals surface area contributed by atoms with E-state index in [9.17, 15) is 0 Å². The summed E-state index contributed by atoms with van der Waals surface area (Å²) in [5.41, 5.74) is 0.260. The molecule has 1 N–H and O–H groups in total. The second kappa shape index (κ2) is 12.3. The van der Waals surface area contributed by atoms with Crippen LogP contribution in [0.15, 0.2) is 4.99 Å². The van der Waals surface area contributed by atoms with Crippen molar-refractivity contribution in [2.45, 2.75) is 60.3 Å². The van der Waals surface area contributed by atoms with Crippen LogP contribution in [0.3, 0.4) is 0 Å². The van der Waals surface area contributed by atoms with E-state index in [-0.39, 0.29) is 29.4 Å². The van der Waals surface area contributed by atoms with Crippen LogP contribution in [0.25, 0.3) is 0 Å². The van der Waals surface area contributed by atoms with Crippen LogP contribution in [-0.2, 0) is 4.74 Å². The SMILES string of the molecule is CCNC(=NCC(C)(C)CC(C)C)N(C)CCC1CCOCC1.I. The molecule has 0 aromatic heterocycles. The molecule has 144 valence electrons. The molecule has 5 heteroatoms. The molecule has 0 spiro atoms. The van der Waals surface area contributed by atoms with E-state index < -0.39 is 0 Å². The van der Waals surface area contributed by atoms with Crippen molar-refractivity contribution in [3.05, 3.63) is 0 Å². The fourth-order valence-corrected chi connectivity index (χ4v) is 3.45. The highest BCUT2D eigenvalue weighted by Gasteiger charge is 2.20. The van der Waals surface area contributed by atoms with Crippen LogP contribution in [0.5, 0.6) is 0 Å². The number of hydrogen-bond acceptors (Lipinski definition) is 2. The summed E-state index contributed by atoms with van der Waals surface area (Å²) in [5.74, 6) is 2.58. The van der Waals surface area contributed by atoms with Gasteiger partial charge in [0.05, 0.1) is 0 Å². The van der Waals surface area contributed by atoms with Gasteiger partial charge in [0.25, 0.3) is 0 Å². The van der Waals surface area contributed by atoms with Crippen molar-refractivity contribution in [3.63, 3.8) is 0 Å². The van der Waals surface area contributed by atoms with Crippen molar-refractivity contribution >= 4 is 29.9 Å². The first-order valence-electron chi connectivity index (χ1n) is 9.41. The average molecular weight is 453 g/mol. The molecule has 0 radical (unpaired) electrons. The quantitative estimate of drug-likeness (QED) is 0.337. The molecule has 1 saturated heterocycles. The van der Waals surface area contributed by atoms with E-state index >= 15 is 0 Å². The Labute approximate surface area is 167 Å². The molecule has 0 amide bonds. The van der Waals surface area contributed by atoms with E-state index in [4.69, 9.17) is 9.73 Å². The van der Waals surface area contributed by atoms with Crippen molar-refractivity contribution in [1.82, 2.24) is 10.2 Å². The lowest BCUT2D eigenvalue weighted by molar-refractivity contribution is 0.0625. The summed E-state index contributed by atoms with van der Waals surface area (Å²) in [6.07, 6.45) is 4.87. The molecule has 0 aromatic rings. The monoisotopic (exact) mass is 453 g/mol. The maximum atomic E-state index is 5.45. The lowest BCUT2D eigenvalue weighted by Gasteiger charge is -2.29. The molecule has 1 aliphatic rings. The third-order valence-electron chi connectivity index (χ3n) is 4.53. The second-order valence-corrected chi connectivity index (χ2v) is 8.20. The molecule has 0 atom stereocenters. The van der Waals surface area contributed by atoms with Crippen molar-refractivity contribution in [2.75, 3.05) is 39.9 Å². The Hall–Kier alpha value is -0.0400. The zero-order chi connectivity index (χ0) is 17.3. The summed E-state index contributed by atoms with van der Waals surface area (Å²) in [6, 6.07) is 0. The highest BCUT2D eigenvalue weighted by Crippen LogP contribution is 2.25. The van der Waals surface area contributed by atoms with Crippen LogP contribution < -0.4 is 5.32 Å². The molecule has 0 aromatic carbocycles. The first-order chi connectivity index (χ1) is 10.8. The Morgan fingerprint density at radius 3 is 2.46 bits per heavy atom. The molecule has 4 nitrogen and oxygen atoms in total. The van der Waals surface area contributed by atoms with Crippen molar-refractivity contribution in [1.29, 1.82) is 0 Å². The van der Waals surface area contributed by atoms with E-state index in [0.717, 1.165) is 44.7 Å². The first-order valence-corrected chi connectivity index (χ1v) is 9.41. The number of guanidine groups is 1. The molecule has 0 saturated carbocycles. The van der Waals surface area contributed by atoms with Gasteiger partial charge in [-0.25, -0.2) is 0 Å². The van der Waals surface area contributed by atoms with Crippen molar-refractivity contribution < 1.29 is 4.74 Å². The van der Waals surface area contributed by atoms with Gasteiger partial charge in [-0.05, 0) is 49.9 Å². The number of nitrogens with one attached hydrogen (secondary N) is 1. The molecule has 0 aliphatic carbocycles. The number of ether oxygens (including phenoxy) is 1. The largest absolute Gasteiger partial charge is 0.381 e. The Morgan fingerprint density at radius 2 is 1.92 bits per heavy atom. The van der Waals surface area contributed by atoms with E-state index in [0.29, 0.717) is 5.92 Å². The standard InChI is InChI=1S/C19H39N3O.HI/c1-7-20-18(21-15-19(4,5)14-16(2)3)22(6)11-8-17-9-12-23-13-10-17;/h16-17H,7-15H2,1-6H3,(H,20,21);1H. The molecule has 1 aliphatic heterocycles. The van der Waals surface area contributed by atoms with Crippen LogP contribution in [0.4, 0.5) is 0 Å². The van der Waals surface area contributed by atoms with Crippen LogP contribution >= 0.6 is 24.0 Å². The minimum absolute atomic E-state index is 0. The normalized spacial score (nSPS) is 16.9. The fraction of sp³-hybridized carbons (Fsp3) is 0.947. The lowest BCUT2D eigenvalue weighted by Crippen LogP contribution is -2.40. The maximum Gasteiger partial charge on any atom is 0.193 e. The highest BCUT2D eigenvalue weighted by molar-refractivity contribution is 14.0. The summed E-state index contributed by atoms with van der Waals surface area (Å²) in [6.45, 7) is 16.1. The van der Waals surface area contributed by atoms with Gasteiger partial charge in [0.2, 0.25) is 0 Å². The number of halogens is 1. The topological polar surface area (TPSA) is 36.9 Å². The number of nitrogens with zero attached hydrogens (tertiary/aromatic N) is 2. The molecule has 1 heterocycles. The van der Waals surface area contributed by atoms with Gasteiger partial charge in [0.15, 0.2) is 5.96 Å². The third-order valence-corrected chi connectivity index (χ3v) is 4.53. The smallest absolute Gasteiger partial charge is 0.193 e. The van der Waals surface area contributed by atoms with E-state index in [1.807, 2.05) is 0 Å². The molecule has 24 heavy (non-hydrogen) atoms. The zero-order valence-corrected chi connectivity index (χ0v) is 19.1. The van der Waals surface area contributed by atoms with Crippen LogP contribution in [0.2, 0.25) is 0 Å². The number of rotatable bonds is 8. The summed E-state index contributed by atoms with van der Waals surface area (Å²) >= 11 is 0. The molecule has 1 fully saturated rings. The van der Waals surface area contributed by atoms with Gasteiger partial charge in [0, 0.05) is 39.9 Å². The Kier molecular flexibility index (Phi) is 12.3.